The van der Waals surface area contributed by atoms with Crippen LogP contribution in [-0.4, -0.2) is 19.7 Å². The van der Waals surface area contributed by atoms with Gasteiger partial charge in [0, 0.05) is 7.05 Å². The van der Waals surface area contributed by atoms with Crippen LogP contribution in [0.2, 0.25) is 0 Å². The lowest BCUT2D eigenvalue weighted by molar-refractivity contribution is 0.784. The molecule has 0 radical (unpaired) electrons. The summed E-state index contributed by atoms with van der Waals surface area (Å²) < 4.78 is 1.78. The molecular weight excluding hydrogens is 328 g/mol. The number of nitrogens with zero attached hydrogens (tertiary/aromatic N) is 4. The Morgan fingerprint density at radius 3 is 2.52 bits per heavy atom. The Kier molecular flexibility index (Phi) is 4.24. The van der Waals surface area contributed by atoms with Gasteiger partial charge in [-0.15, -0.1) is 0 Å². The number of benzene rings is 2. The molecule has 0 aliphatic rings. The number of fused-ring (bicyclic) bond motifs is 1. The van der Waals surface area contributed by atoms with Crippen LogP contribution < -0.4 is 0 Å². The second kappa shape index (κ2) is 6.69. The molecule has 0 aliphatic carbocycles. The van der Waals surface area contributed by atoms with Crippen molar-refractivity contribution in [3.63, 3.8) is 0 Å². The highest BCUT2D eigenvalue weighted by Crippen LogP contribution is 2.42. The fourth-order valence-electron chi connectivity index (χ4n) is 2.97. The summed E-state index contributed by atoms with van der Waals surface area (Å²) >= 11 is 1.75. The maximum absolute atomic E-state index is 4.54. The Balaban J connectivity index is 1.83. The highest BCUT2D eigenvalue weighted by atomic mass is 32.2. The van der Waals surface area contributed by atoms with Gasteiger partial charge in [0.15, 0.2) is 5.65 Å². The fourth-order valence-corrected chi connectivity index (χ4v) is 4.25. The molecule has 2 aromatic carbocycles. The molecule has 4 nitrogen and oxygen atoms in total. The highest BCUT2D eigenvalue weighted by molar-refractivity contribution is 7.99. The average molecular weight is 346 g/mol. The smallest absolute Gasteiger partial charge is 0.162 e. The highest BCUT2D eigenvalue weighted by Gasteiger charge is 2.20. The molecule has 0 saturated heterocycles. The summed E-state index contributed by atoms with van der Waals surface area (Å²) in [5, 5.41) is 6.44. The first-order valence-corrected chi connectivity index (χ1v) is 9.02. The van der Waals surface area contributed by atoms with Crippen LogP contribution >= 0.6 is 11.8 Å². The lowest BCUT2D eigenvalue weighted by Gasteiger charge is -2.19. The summed E-state index contributed by atoms with van der Waals surface area (Å²) in [5.74, 6) is 0. The number of rotatable bonds is 4. The van der Waals surface area contributed by atoms with E-state index in [0.29, 0.717) is 0 Å². The van der Waals surface area contributed by atoms with Gasteiger partial charge in [-0.05, 0) is 23.6 Å². The molecule has 0 saturated carbocycles. The van der Waals surface area contributed by atoms with Gasteiger partial charge in [0.25, 0.3) is 0 Å². The minimum absolute atomic E-state index is 0.167. The van der Waals surface area contributed by atoms with Crippen molar-refractivity contribution >= 4 is 22.8 Å². The standard InChI is InChI=1S/C20H18N4S/c1-14-8-6-7-11-16(14)18(15-9-4-3-5-10-15)25-20-17-12-23-24(2)19(17)21-13-22-20/h3-13,18H,1-2H3. The van der Waals surface area contributed by atoms with E-state index in [-0.39, 0.29) is 5.25 Å². The van der Waals surface area contributed by atoms with Crippen LogP contribution in [0.3, 0.4) is 0 Å². The zero-order valence-electron chi connectivity index (χ0n) is 14.1. The average Bonchev–Trinajstić information content (AvgIpc) is 3.03. The van der Waals surface area contributed by atoms with E-state index in [9.17, 15) is 0 Å². The van der Waals surface area contributed by atoms with Crippen molar-refractivity contribution < 1.29 is 0 Å². The number of hydrogen-bond donors (Lipinski definition) is 0. The zero-order chi connectivity index (χ0) is 17.2. The van der Waals surface area contributed by atoms with Crippen LogP contribution in [0.1, 0.15) is 21.9 Å². The predicted octanol–water partition coefficient (Wildman–Crippen LogP) is 4.55. The minimum Gasteiger partial charge on any atom is -0.250 e. The van der Waals surface area contributed by atoms with Crippen LogP contribution in [0, 0.1) is 6.92 Å². The molecule has 2 aromatic heterocycles. The van der Waals surface area contributed by atoms with Gasteiger partial charge in [0.1, 0.15) is 11.4 Å². The van der Waals surface area contributed by atoms with Crippen molar-refractivity contribution in [1.82, 2.24) is 19.7 Å². The van der Waals surface area contributed by atoms with Crippen molar-refractivity contribution in [2.75, 3.05) is 0 Å². The monoisotopic (exact) mass is 346 g/mol. The third kappa shape index (κ3) is 3.03. The van der Waals surface area contributed by atoms with E-state index < -0.39 is 0 Å². The van der Waals surface area contributed by atoms with Gasteiger partial charge in [0.2, 0.25) is 0 Å². The normalized spacial score (nSPS) is 12.4. The van der Waals surface area contributed by atoms with E-state index >= 15 is 0 Å². The number of aromatic nitrogens is 4. The van der Waals surface area contributed by atoms with Crippen LogP contribution in [0.4, 0.5) is 0 Å². The summed E-state index contributed by atoms with van der Waals surface area (Å²) in [6.07, 6.45) is 3.46. The van der Waals surface area contributed by atoms with E-state index in [0.717, 1.165) is 16.1 Å². The molecule has 25 heavy (non-hydrogen) atoms. The molecule has 0 aliphatic heterocycles. The van der Waals surface area contributed by atoms with Crippen LogP contribution in [-0.2, 0) is 7.05 Å². The zero-order valence-corrected chi connectivity index (χ0v) is 14.9. The fraction of sp³-hybridized carbons (Fsp3) is 0.150. The van der Waals surface area contributed by atoms with Crippen molar-refractivity contribution in [3.05, 3.63) is 83.8 Å². The van der Waals surface area contributed by atoms with E-state index in [1.165, 1.54) is 16.7 Å². The first-order chi connectivity index (χ1) is 12.2. The summed E-state index contributed by atoms with van der Waals surface area (Å²) in [5.41, 5.74) is 4.70. The third-order valence-electron chi connectivity index (χ3n) is 4.30. The van der Waals surface area contributed by atoms with E-state index in [1.54, 1.807) is 22.8 Å². The third-order valence-corrected chi connectivity index (χ3v) is 5.61. The Morgan fingerprint density at radius 1 is 0.960 bits per heavy atom. The first kappa shape index (κ1) is 15.8. The molecule has 124 valence electrons. The summed E-state index contributed by atoms with van der Waals surface area (Å²) in [4.78, 5) is 8.89. The number of hydrogen-bond acceptors (Lipinski definition) is 4. The maximum atomic E-state index is 4.54. The molecule has 1 atom stereocenters. The topological polar surface area (TPSA) is 43.6 Å². The van der Waals surface area contributed by atoms with Crippen LogP contribution in [0.15, 0.2) is 72.1 Å². The SMILES string of the molecule is Cc1ccccc1C(Sc1ncnc2c1cnn2C)c1ccccc1. The molecule has 4 aromatic rings. The predicted molar refractivity (Wildman–Crippen MR) is 102 cm³/mol. The molecule has 0 bridgehead atoms. The minimum atomic E-state index is 0.167. The van der Waals surface area contributed by atoms with Crippen molar-refractivity contribution in [3.8, 4) is 0 Å². The largest absolute Gasteiger partial charge is 0.250 e. The quantitative estimate of drug-likeness (QED) is 0.401. The Hall–Kier alpha value is -2.66. The van der Waals surface area contributed by atoms with Crippen molar-refractivity contribution in [2.45, 2.75) is 17.2 Å². The Bertz CT molecular complexity index is 1010. The van der Waals surface area contributed by atoms with Crippen molar-refractivity contribution in [2.24, 2.45) is 7.05 Å². The van der Waals surface area contributed by atoms with Crippen LogP contribution in [0.5, 0.6) is 0 Å². The molecule has 0 N–H and O–H groups in total. The van der Waals surface area contributed by atoms with Crippen molar-refractivity contribution in [1.29, 1.82) is 0 Å². The van der Waals surface area contributed by atoms with Gasteiger partial charge < -0.3 is 0 Å². The van der Waals surface area contributed by atoms with E-state index in [4.69, 9.17) is 0 Å². The molecule has 0 fully saturated rings. The molecule has 5 heteroatoms. The van der Waals surface area contributed by atoms with E-state index in [2.05, 4.69) is 70.5 Å². The van der Waals surface area contributed by atoms with Gasteiger partial charge in [-0.3, -0.25) is 4.68 Å². The summed E-state index contributed by atoms with van der Waals surface area (Å²) in [6.45, 7) is 2.16. The van der Waals surface area contributed by atoms with Gasteiger partial charge in [-0.25, -0.2) is 9.97 Å². The number of aryl methyl sites for hydroxylation is 2. The summed E-state index contributed by atoms with van der Waals surface area (Å²) in [6, 6.07) is 19.1. The molecule has 0 spiro atoms. The van der Waals surface area contributed by atoms with Gasteiger partial charge in [0.05, 0.1) is 16.8 Å². The maximum Gasteiger partial charge on any atom is 0.162 e. The van der Waals surface area contributed by atoms with Gasteiger partial charge in [-0.1, -0.05) is 66.4 Å². The second-order valence-electron chi connectivity index (χ2n) is 5.95. The molecular formula is C20H18N4S. The van der Waals surface area contributed by atoms with Gasteiger partial charge in [-0.2, -0.15) is 5.10 Å². The lowest BCUT2D eigenvalue weighted by Crippen LogP contribution is -2.00. The Labute approximate surface area is 150 Å². The lowest BCUT2D eigenvalue weighted by atomic mass is 10.0. The summed E-state index contributed by atoms with van der Waals surface area (Å²) in [7, 11) is 1.90. The second-order valence-corrected chi connectivity index (χ2v) is 7.04. The van der Waals surface area contributed by atoms with Crippen LogP contribution in [0.25, 0.3) is 11.0 Å². The molecule has 1 unspecified atom stereocenters. The number of thioether (sulfide) groups is 1. The molecule has 4 rings (SSSR count). The van der Waals surface area contributed by atoms with Gasteiger partial charge >= 0.3 is 0 Å². The molecule has 2 heterocycles. The van der Waals surface area contributed by atoms with E-state index in [1.807, 2.05) is 19.3 Å². The Morgan fingerprint density at radius 2 is 1.72 bits per heavy atom. The first-order valence-electron chi connectivity index (χ1n) is 8.14. The molecule has 0 amide bonds.